The summed E-state index contributed by atoms with van der Waals surface area (Å²) in [7, 11) is 0. The van der Waals surface area contributed by atoms with E-state index in [1.165, 1.54) is 6.42 Å². The van der Waals surface area contributed by atoms with Gasteiger partial charge in [0, 0.05) is 23.8 Å². The average Bonchev–Trinajstić information content (AvgIpc) is 2.40. The van der Waals surface area contributed by atoms with Gasteiger partial charge in [-0.1, -0.05) is 0 Å². The van der Waals surface area contributed by atoms with E-state index in [0.29, 0.717) is 12.3 Å². The first-order valence-corrected chi connectivity index (χ1v) is 7.09. The third kappa shape index (κ3) is 3.02. The highest BCUT2D eigenvalue weighted by atomic mass is 79.9. The number of carbonyl (C=O) groups excluding carboxylic acids is 1. The number of nitrogens with zero attached hydrogens (tertiary/aromatic N) is 2. The predicted octanol–water partition coefficient (Wildman–Crippen LogP) is 3.01. The molecule has 1 aliphatic rings. The fraction of sp³-hybridized carbons (Fsp3) is 0.538. The minimum absolute atomic E-state index is 0.342. The lowest BCUT2D eigenvalue weighted by atomic mass is 10.1. The summed E-state index contributed by atoms with van der Waals surface area (Å²) in [6.45, 7) is 4.13. The number of anilines is 1. The summed E-state index contributed by atoms with van der Waals surface area (Å²) in [6, 6.07) is 1.95. The first-order valence-electron chi connectivity index (χ1n) is 6.30. The second-order valence-corrected chi connectivity index (χ2v) is 5.21. The largest absolute Gasteiger partial charge is 0.461 e. The molecule has 1 aliphatic heterocycles. The Bertz CT molecular complexity index is 431. The van der Waals surface area contributed by atoms with Gasteiger partial charge in [-0.25, -0.2) is 9.78 Å². The zero-order valence-electron chi connectivity index (χ0n) is 10.5. The van der Waals surface area contributed by atoms with Gasteiger partial charge in [-0.05, 0) is 48.2 Å². The van der Waals surface area contributed by atoms with Crippen LogP contribution >= 0.6 is 15.9 Å². The molecule has 18 heavy (non-hydrogen) atoms. The number of hydrogen-bond acceptors (Lipinski definition) is 4. The molecule has 2 rings (SSSR count). The van der Waals surface area contributed by atoms with Crippen LogP contribution in [0.4, 0.5) is 5.69 Å². The van der Waals surface area contributed by atoms with Crippen LogP contribution in [-0.4, -0.2) is 30.6 Å². The van der Waals surface area contributed by atoms with E-state index in [1.54, 1.807) is 13.1 Å². The summed E-state index contributed by atoms with van der Waals surface area (Å²) in [4.78, 5) is 18.3. The van der Waals surface area contributed by atoms with Gasteiger partial charge in [0.2, 0.25) is 0 Å². The second kappa shape index (κ2) is 6.18. The smallest absolute Gasteiger partial charge is 0.359 e. The van der Waals surface area contributed by atoms with Gasteiger partial charge in [-0.15, -0.1) is 0 Å². The summed E-state index contributed by atoms with van der Waals surface area (Å²) in [5.74, 6) is -0.342. The number of aromatic nitrogens is 1. The summed E-state index contributed by atoms with van der Waals surface area (Å²) < 4.78 is 5.94. The van der Waals surface area contributed by atoms with E-state index in [4.69, 9.17) is 4.74 Å². The maximum absolute atomic E-state index is 11.9. The third-order valence-corrected chi connectivity index (χ3v) is 3.43. The van der Waals surface area contributed by atoms with Crippen molar-refractivity contribution in [3.05, 3.63) is 22.4 Å². The number of rotatable bonds is 3. The molecule has 0 N–H and O–H groups in total. The first kappa shape index (κ1) is 13.3. The molecule has 1 fully saturated rings. The average molecular weight is 313 g/mol. The molecule has 0 spiro atoms. The maximum Gasteiger partial charge on any atom is 0.359 e. The molecule has 1 saturated heterocycles. The van der Waals surface area contributed by atoms with Crippen molar-refractivity contribution in [2.75, 3.05) is 24.6 Å². The monoisotopic (exact) mass is 312 g/mol. The molecule has 5 heteroatoms. The van der Waals surface area contributed by atoms with Gasteiger partial charge in [0.25, 0.3) is 0 Å². The van der Waals surface area contributed by atoms with Gasteiger partial charge < -0.3 is 9.64 Å². The molecule has 0 bridgehead atoms. The Labute approximate surface area is 115 Å². The van der Waals surface area contributed by atoms with Crippen LogP contribution in [0.15, 0.2) is 16.7 Å². The van der Waals surface area contributed by atoms with Crippen LogP contribution in [0.2, 0.25) is 0 Å². The summed E-state index contributed by atoms with van der Waals surface area (Å²) >= 11 is 3.41. The van der Waals surface area contributed by atoms with Crippen molar-refractivity contribution in [3.8, 4) is 0 Å². The fourth-order valence-electron chi connectivity index (χ4n) is 2.16. The molecule has 0 aromatic carbocycles. The van der Waals surface area contributed by atoms with Crippen LogP contribution in [0.1, 0.15) is 36.7 Å². The van der Waals surface area contributed by atoms with Gasteiger partial charge in [-0.3, -0.25) is 0 Å². The molecular weight excluding hydrogens is 296 g/mol. The molecule has 0 unspecified atom stereocenters. The lowest BCUT2D eigenvalue weighted by Gasteiger charge is -2.29. The van der Waals surface area contributed by atoms with Crippen molar-refractivity contribution in [1.29, 1.82) is 0 Å². The van der Waals surface area contributed by atoms with Crippen LogP contribution in [-0.2, 0) is 4.74 Å². The van der Waals surface area contributed by atoms with E-state index in [1.807, 2.05) is 6.07 Å². The van der Waals surface area contributed by atoms with E-state index < -0.39 is 0 Å². The normalized spacial score (nSPS) is 15.6. The third-order valence-electron chi connectivity index (χ3n) is 3.00. The van der Waals surface area contributed by atoms with Gasteiger partial charge >= 0.3 is 5.97 Å². The van der Waals surface area contributed by atoms with Crippen molar-refractivity contribution in [2.24, 2.45) is 0 Å². The van der Waals surface area contributed by atoms with Crippen LogP contribution in [0.25, 0.3) is 0 Å². The molecule has 0 aliphatic carbocycles. The number of esters is 1. The standard InChI is InChI=1S/C13H17BrN2O2/c1-2-18-13(17)12-11(8-10(14)9-15-12)16-6-4-3-5-7-16/h8-9H,2-7H2,1H3. The molecule has 2 heterocycles. The number of ether oxygens (including phenoxy) is 1. The Hall–Kier alpha value is -1.10. The zero-order valence-corrected chi connectivity index (χ0v) is 12.1. The van der Waals surface area contributed by atoms with Crippen LogP contribution in [0, 0.1) is 0 Å². The summed E-state index contributed by atoms with van der Waals surface area (Å²) in [5.41, 5.74) is 1.30. The van der Waals surface area contributed by atoms with E-state index in [-0.39, 0.29) is 5.97 Å². The fourth-order valence-corrected chi connectivity index (χ4v) is 2.48. The molecule has 98 valence electrons. The molecule has 0 atom stereocenters. The van der Waals surface area contributed by atoms with Crippen molar-refractivity contribution in [1.82, 2.24) is 4.98 Å². The Balaban J connectivity index is 2.30. The molecule has 1 aromatic heterocycles. The second-order valence-electron chi connectivity index (χ2n) is 4.29. The SMILES string of the molecule is CCOC(=O)c1ncc(Br)cc1N1CCCCC1. The van der Waals surface area contributed by atoms with E-state index >= 15 is 0 Å². The van der Waals surface area contributed by atoms with E-state index in [2.05, 4.69) is 25.8 Å². The topological polar surface area (TPSA) is 42.4 Å². The summed E-state index contributed by atoms with van der Waals surface area (Å²) in [6.07, 6.45) is 5.22. The molecule has 4 nitrogen and oxygen atoms in total. The van der Waals surface area contributed by atoms with Gasteiger partial charge in [0.15, 0.2) is 5.69 Å². The lowest BCUT2D eigenvalue weighted by molar-refractivity contribution is 0.0520. The Kier molecular flexibility index (Phi) is 4.58. The molecule has 0 radical (unpaired) electrons. The van der Waals surface area contributed by atoms with Crippen molar-refractivity contribution < 1.29 is 9.53 Å². The maximum atomic E-state index is 11.9. The van der Waals surface area contributed by atoms with Crippen LogP contribution in [0.5, 0.6) is 0 Å². The van der Waals surface area contributed by atoms with E-state index in [0.717, 1.165) is 36.1 Å². The summed E-state index contributed by atoms with van der Waals surface area (Å²) in [5, 5.41) is 0. The lowest BCUT2D eigenvalue weighted by Crippen LogP contribution is -2.31. The van der Waals surface area contributed by atoms with Crippen LogP contribution in [0.3, 0.4) is 0 Å². The quantitative estimate of drug-likeness (QED) is 0.805. The number of halogens is 1. The van der Waals surface area contributed by atoms with Crippen LogP contribution < -0.4 is 4.90 Å². The van der Waals surface area contributed by atoms with Crippen molar-refractivity contribution in [3.63, 3.8) is 0 Å². The van der Waals surface area contributed by atoms with Crippen molar-refractivity contribution in [2.45, 2.75) is 26.2 Å². The number of pyridine rings is 1. The molecule has 0 saturated carbocycles. The number of carbonyl (C=O) groups is 1. The Morgan fingerprint density at radius 2 is 2.17 bits per heavy atom. The van der Waals surface area contributed by atoms with Crippen molar-refractivity contribution >= 4 is 27.6 Å². The predicted molar refractivity (Wildman–Crippen MR) is 74.0 cm³/mol. The molecular formula is C13H17BrN2O2. The highest BCUT2D eigenvalue weighted by Gasteiger charge is 2.21. The van der Waals surface area contributed by atoms with Gasteiger partial charge in [-0.2, -0.15) is 0 Å². The number of piperidine rings is 1. The highest BCUT2D eigenvalue weighted by molar-refractivity contribution is 9.10. The Morgan fingerprint density at radius 1 is 1.44 bits per heavy atom. The minimum Gasteiger partial charge on any atom is -0.461 e. The van der Waals surface area contributed by atoms with E-state index in [9.17, 15) is 4.79 Å². The molecule has 0 amide bonds. The number of hydrogen-bond donors (Lipinski definition) is 0. The van der Waals surface area contributed by atoms with Gasteiger partial charge in [0.1, 0.15) is 0 Å². The minimum atomic E-state index is -0.342. The Morgan fingerprint density at radius 3 is 2.83 bits per heavy atom. The zero-order chi connectivity index (χ0) is 13.0. The molecule has 1 aromatic rings. The van der Waals surface area contributed by atoms with Gasteiger partial charge in [0.05, 0.1) is 12.3 Å². The highest BCUT2D eigenvalue weighted by Crippen LogP contribution is 2.26. The first-order chi connectivity index (χ1) is 8.72.